The summed E-state index contributed by atoms with van der Waals surface area (Å²) in [6.45, 7) is 0.391. The van der Waals surface area contributed by atoms with Crippen molar-refractivity contribution < 1.29 is 9.90 Å². The van der Waals surface area contributed by atoms with Crippen molar-refractivity contribution in [3.8, 4) is 0 Å². The molecule has 1 rings (SSSR count). The van der Waals surface area contributed by atoms with E-state index < -0.39 is 0 Å². The van der Waals surface area contributed by atoms with Crippen LogP contribution in [0.2, 0.25) is 0 Å². The van der Waals surface area contributed by atoms with Crippen LogP contribution in [0.4, 0.5) is 0 Å². The Balaban J connectivity index is 2.41. The van der Waals surface area contributed by atoms with Gasteiger partial charge in [0.2, 0.25) is 5.91 Å². The van der Waals surface area contributed by atoms with Gasteiger partial charge in [-0.3, -0.25) is 4.79 Å². The van der Waals surface area contributed by atoms with Crippen molar-refractivity contribution in [2.45, 2.75) is 13.0 Å². The third-order valence-corrected chi connectivity index (χ3v) is 2.21. The van der Waals surface area contributed by atoms with Crippen LogP contribution in [0.1, 0.15) is 12.0 Å². The maximum atomic E-state index is 11.0. The average molecular weight is 258 g/mol. The lowest BCUT2D eigenvalue weighted by atomic mass is 10.2. The number of halogens is 1. The quantitative estimate of drug-likeness (QED) is 0.858. The van der Waals surface area contributed by atoms with Gasteiger partial charge in [0.15, 0.2) is 0 Å². The standard InChI is InChI=1S/C10H12BrNO2/c11-9-3-1-2-8(6-9)7-12-10(14)4-5-13/h1-3,6,13H,4-5,7H2,(H,12,14). The number of amides is 1. The topological polar surface area (TPSA) is 49.3 Å². The monoisotopic (exact) mass is 257 g/mol. The van der Waals surface area contributed by atoms with Crippen LogP contribution in [0.3, 0.4) is 0 Å². The van der Waals surface area contributed by atoms with E-state index in [1.54, 1.807) is 0 Å². The highest BCUT2D eigenvalue weighted by Gasteiger charge is 1.99. The number of aliphatic hydroxyl groups excluding tert-OH is 1. The van der Waals surface area contributed by atoms with E-state index in [-0.39, 0.29) is 18.9 Å². The summed E-state index contributed by atoms with van der Waals surface area (Å²) < 4.78 is 0.992. The lowest BCUT2D eigenvalue weighted by Gasteiger charge is -2.04. The van der Waals surface area contributed by atoms with Crippen molar-refractivity contribution in [3.63, 3.8) is 0 Å². The molecule has 0 aliphatic carbocycles. The minimum Gasteiger partial charge on any atom is -0.396 e. The van der Waals surface area contributed by atoms with Gasteiger partial charge in [-0.15, -0.1) is 0 Å². The highest BCUT2D eigenvalue weighted by Crippen LogP contribution is 2.11. The van der Waals surface area contributed by atoms with Gasteiger partial charge in [0.05, 0.1) is 6.61 Å². The van der Waals surface area contributed by atoms with Gasteiger partial charge in [0, 0.05) is 17.4 Å². The fourth-order valence-corrected chi connectivity index (χ4v) is 1.48. The Kier molecular flexibility index (Phi) is 4.62. The van der Waals surface area contributed by atoms with Crippen LogP contribution in [-0.2, 0) is 11.3 Å². The van der Waals surface area contributed by atoms with E-state index in [2.05, 4.69) is 21.2 Å². The van der Waals surface area contributed by atoms with Crippen LogP contribution in [0, 0.1) is 0 Å². The number of carbonyl (C=O) groups is 1. The fraction of sp³-hybridized carbons (Fsp3) is 0.300. The second-order valence-corrected chi connectivity index (χ2v) is 3.80. The Morgan fingerprint density at radius 2 is 2.29 bits per heavy atom. The predicted molar refractivity (Wildman–Crippen MR) is 57.7 cm³/mol. The molecule has 1 aromatic rings. The largest absolute Gasteiger partial charge is 0.396 e. The second-order valence-electron chi connectivity index (χ2n) is 2.88. The van der Waals surface area contributed by atoms with E-state index in [9.17, 15) is 4.79 Å². The first-order chi connectivity index (χ1) is 6.72. The van der Waals surface area contributed by atoms with Gasteiger partial charge < -0.3 is 10.4 Å². The second kappa shape index (κ2) is 5.78. The summed E-state index contributed by atoms with van der Waals surface area (Å²) in [4.78, 5) is 11.0. The van der Waals surface area contributed by atoms with Crippen LogP contribution >= 0.6 is 15.9 Å². The SMILES string of the molecule is O=C(CCO)NCc1cccc(Br)c1. The molecule has 0 radical (unpaired) electrons. The molecule has 0 fully saturated rings. The molecule has 0 aliphatic rings. The van der Waals surface area contributed by atoms with Crippen molar-refractivity contribution >= 4 is 21.8 Å². The number of rotatable bonds is 4. The zero-order valence-electron chi connectivity index (χ0n) is 7.66. The zero-order chi connectivity index (χ0) is 10.4. The van der Waals surface area contributed by atoms with Gasteiger partial charge in [-0.2, -0.15) is 0 Å². The maximum Gasteiger partial charge on any atom is 0.222 e. The molecule has 0 heterocycles. The summed E-state index contributed by atoms with van der Waals surface area (Å²) in [5, 5.41) is 11.2. The van der Waals surface area contributed by atoms with E-state index in [1.165, 1.54) is 0 Å². The fourth-order valence-electron chi connectivity index (χ4n) is 1.04. The molecular weight excluding hydrogens is 246 g/mol. The minimum atomic E-state index is -0.132. The summed E-state index contributed by atoms with van der Waals surface area (Å²) in [6, 6.07) is 7.72. The first-order valence-corrected chi connectivity index (χ1v) is 5.13. The molecule has 0 unspecified atom stereocenters. The lowest BCUT2D eigenvalue weighted by molar-refractivity contribution is -0.121. The molecular formula is C10H12BrNO2. The first kappa shape index (κ1) is 11.2. The van der Waals surface area contributed by atoms with E-state index in [1.807, 2.05) is 24.3 Å². The summed E-state index contributed by atoms with van der Waals surface area (Å²) in [6.07, 6.45) is 0.161. The Bertz CT molecular complexity index is 315. The summed E-state index contributed by atoms with van der Waals surface area (Å²) in [5.41, 5.74) is 1.03. The first-order valence-electron chi connectivity index (χ1n) is 4.34. The lowest BCUT2D eigenvalue weighted by Crippen LogP contribution is -2.23. The molecule has 76 valence electrons. The third-order valence-electron chi connectivity index (χ3n) is 1.72. The molecule has 4 heteroatoms. The molecule has 0 atom stereocenters. The third kappa shape index (κ3) is 3.89. The molecule has 0 bridgehead atoms. The number of hydrogen-bond donors (Lipinski definition) is 2. The Hall–Kier alpha value is -0.870. The van der Waals surface area contributed by atoms with E-state index in [0.717, 1.165) is 10.0 Å². The van der Waals surface area contributed by atoms with Gasteiger partial charge in [0.25, 0.3) is 0 Å². The highest BCUT2D eigenvalue weighted by atomic mass is 79.9. The number of hydrogen-bond acceptors (Lipinski definition) is 2. The predicted octanol–water partition coefficient (Wildman–Crippen LogP) is 1.45. The average Bonchev–Trinajstić information content (AvgIpc) is 2.15. The number of carbonyl (C=O) groups excluding carboxylic acids is 1. The minimum absolute atomic E-state index is 0.107. The van der Waals surface area contributed by atoms with Crippen LogP contribution < -0.4 is 5.32 Å². The number of benzene rings is 1. The number of nitrogens with one attached hydrogen (secondary N) is 1. The van der Waals surface area contributed by atoms with Crippen LogP contribution in [-0.4, -0.2) is 17.6 Å². The molecule has 2 N–H and O–H groups in total. The van der Waals surface area contributed by atoms with Crippen molar-refractivity contribution in [1.29, 1.82) is 0 Å². The van der Waals surface area contributed by atoms with Crippen molar-refractivity contribution in [1.82, 2.24) is 5.32 Å². The van der Waals surface area contributed by atoms with Crippen molar-refractivity contribution in [2.24, 2.45) is 0 Å². The van der Waals surface area contributed by atoms with Gasteiger partial charge >= 0.3 is 0 Å². The summed E-state index contributed by atoms with van der Waals surface area (Å²) >= 11 is 3.35. The molecule has 0 spiro atoms. The Morgan fingerprint density at radius 3 is 2.93 bits per heavy atom. The Labute approximate surface area is 91.3 Å². The van der Waals surface area contributed by atoms with Crippen LogP contribution in [0.5, 0.6) is 0 Å². The zero-order valence-corrected chi connectivity index (χ0v) is 9.25. The van der Waals surface area contributed by atoms with E-state index >= 15 is 0 Å². The van der Waals surface area contributed by atoms with Crippen LogP contribution in [0.15, 0.2) is 28.7 Å². The molecule has 0 saturated carbocycles. The molecule has 1 aromatic carbocycles. The maximum absolute atomic E-state index is 11.0. The van der Waals surface area contributed by atoms with Crippen LogP contribution in [0.25, 0.3) is 0 Å². The van der Waals surface area contributed by atoms with E-state index in [0.29, 0.717) is 6.54 Å². The van der Waals surface area contributed by atoms with Gasteiger partial charge in [-0.1, -0.05) is 28.1 Å². The summed E-state index contributed by atoms with van der Waals surface area (Å²) in [7, 11) is 0. The van der Waals surface area contributed by atoms with Crippen molar-refractivity contribution in [3.05, 3.63) is 34.3 Å². The molecule has 1 amide bonds. The molecule has 0 aliphatic heterocycles. The highest BCUT2D eigenvalue weighted by molar-refractivity contribution is 9.10. The van der Waals surface area contributed by atoms with Gasteiger partial charge in [-0.05, 0) is 17.7 Å². The molecule has 14 heavy (non-hydrogen) atoms. The number of aliphatic hydroxyl groups is 1. The molecule has 3 nitrogen and oxygen atoms in total. The Morgan fingerprint density at radius 1 is 1.50 bits per heavy atom. The smallest absolute Gasteiger partial charge is 0.222 e. The van der Waals surface area contributed by atoms with Gasteiger partial charge in [-0.25, -0.2) is 0 Å². The molecule has 0 aromatic heterocycles. The van der Waals surface area contributed by atoms with Crippen molar-refractivity contribution in [2.75, 3.05) is 6.61 Å². The van der Waals surface area contributed by atoms with Gasteiger partial charge in [0.1, 0.15) is 0 Å². The normalized spacial score (nSPS) is 9.86. The molecule has 0 saturated heterocycles. The summed E-state index contributed by atoms with van der Waals surface area (Å²) in [5.74, 6) is -0.132. The van der Waals surface area contributed by atoms with E-state index in [4.69, 9.17) is 5.11 Å².